The number of aromatic nitrogens is 1. The summed E-state index contributed by atoms with van der Waals surface area (Å²) in [5, 5.41) is 21.4. The van der Waals surface area contributed by atoms with Crippen molar-refractivity contribution in [1.29, 1.82) is 0 Å². The highest BCUT2D eigenvalue weighted by molar-refractivity contribution is 5.76. The van der Waals surface area contributed by atoms with Gasteiger partial charge >= 0.3 is 5.97 Å². The first kappa shape index (κ1) is 36.9. The molecule has 0 spiro atoms. The maximum absolute atomic E-state index is 12.4. The number of nitrogens with zero attached hydrogens (tertiary/aromatic N) is 2. The fourth-order valence-electron chi connectivity index (χ4n) is 6.25. The van der Waals surface area contributed by atoms with E-state index in [2.05, 4.69) is 52.6 Å². The maximum atomic E-state index is 12.4. The van der Waals surface area contributed by atoms with Crippen LogP contribution in [0.25, 0.3) is 11.1 Å². The number of aliphatic carboxylic acids is 1. The van der Waals surface area contributed by atoms with E-state index in [9.17, 15) is 14.7 Å². The second kappa shape index (κ2) is 19.1. The van der Waals surface area contributed by atoms with Crippen LogP contribution < -0.4 is 5.32 Å². The Labute approximate surface area is 295 Å². The average molecular weight is 680 g/mol. The summed E-state index contributed by atoms with van der Waals surface area (Å²) < 4.78 is 13.3. The summed E-state index contributed by atoms with van der Waals surface area (Å²) in [7, 11) is 2.11. The second-order valence-corrected chi connectivity index (χ2v) is 13.1. The largest absolute Gasteiger partial charge is 0.481 e. The number of ether oxygens (including phenoxy) is 2. The number of likely N-dealkylation sites (N-methyl/N-ethyl adjacent to an activating group) is 1. The van der Waals surface area contributed by atoms with Gasteiger partial charge in [0.25, 0.3) is 0 Å². The molecule has 0 radical (unpaired) electrons. The van der Waals surface area contributed by atoms with Gasteiger partial charge in [0.1, 0.15) is 0 Å². The van der Waals surface area contributed by atoms with Crippen molar-refractivity contribution >= 4 is 11.9 Å². The predicted octanol–water partition coefficient (Wildman–Crippen LogP) is 7.00. The molecule has 9 heteroatoms. The molecule has 264 valence electrons. The molecule has 1 aliphatic rings. The molecule has 3 atom stereocenters. The molecule has 2 heterocycles. The third-order valence-corrected chi connectivity index (χ3v) is 9.06. The summed E-state index contributed by atoms with van der Waals surface area (Å²) in [5.74, 6) is -0.775. The Kier molecular flexibility index (Phi) is 14.1. The van der Waals surface area contributed by atoms with Gasteiger partial charge in [-0.25, -0.2) is 0 Å². The van der Waals surface area contributed by atoms with Crippen LogP contribution in [0.2, 0.25) is 0 Å². The van der Waals surface area contributed by atoms with Crippen LogP contribution in [0.15, 0.2) is 97.2 Å². The van der Waals surface area contributed by atoms with Gasteiger partial charge in [0.15, 0.2) is 6.29 Å². The van der Waals surface area contributed by atoms with E-state index in [1.165, 1.54) is 0 Å². The average Bonchev–Trinajstić information content (AvgIpc) is 3.15. The zero-order valence-electron chi connectivity index (χ0n) is 28.9. The molecular formula is C41H49N3O6. The Morgan fingerprint density at radius 1 is 0.840 bits per heavy atom. The highest BCUT2D eigenvalue weighted by Gasteiger charge is 2.33. The number of nitrogens with one attached hydrogen (secondary N) is 1. The number of carboxylic acid groups (broad SMARTS) is 1. The smallest absolute Gasteiger partial charge is 0.303 e. The zero-order valence-corrected chi connectivity index (χ0v) is 28.9. The maximum Gasteiger partial charge on any atom is 0.303 e. The van der Waals surface area contributed by atoms with Crippen molar-refractivity contribution in [2.45, 2.75) is 83.0 Å². The molecule has 0 unspecified atom stereocenters. The van der Waals surface area contributed by atoms with Gasteiger partial charge in [-0.05, 0) is 72.0 Å². The lowest BCUT2D eigenvalue weighted by Crippen LogP contribution is -2.38. The highest BCUT2D eigenvalue weighted by atomic mass is 16.7. The summed E-state index contributed by atoms with van der Waals surface area (Å²) in [6, 6.07) is 30.4. The van der Waals surface area contributed by atoms with Crippen LogP contribution in [0.4, 0.5) is 0 Å². The molecule has 0 saturated carbocycles. The SMILES string of the molecule is CN(CCc1ccccn1)C[C@@H]1C[C@H](c2ccc(CO)cc2)O[C@H](c2cccc(-c3cccc(CNC(=O)CCCCCCC(=O)O)c3)c2)O1. The summed E-state index contributed by atoms with van der Waals surface area (Å²) in [6.07, 6.45) is 6.28. The molecule has 1 aromatic heterocycles. The van der Waals surface area contributed by atoms with Crippen molar-refractivity contribution in [3.8, 4) is 11.1 Å². The van der Waals surface area contributed by atoms with Crippen molar-refractivity contribution in [2.24, 2.45) is 0 Å². The minimum Gasteiger partial charge on any atom is -0.481 e. The lowest BCUT2D eigenvalue weighted by molar-refractivity contribution is -0.252. The lowest BCUT2D eigenvalue weighted by Gasteiger charge is -2.38. The molecule has 1 aliphatic heterocycles. The summed E-state index contributed by atoms with van der Waals surface area (Å²) in [4.78, 5) is 29.8. The minimum atomic E-state index is -0.775. The standard InChI is InChI=1S/C41H49N3O6/c1-44(23-21-36-14-6-7-22-42-36)28-37-26-38(32-19-17-30(29-45)18-20-32)50-41(49-37)35-13-9-12-34(25-35)33-11-8-10-31(24-33)27-43-39(46)15-4-2-3-5-16-40(47)48/h6-14,17-20,22,24-25,37-38,41,45H,2-5,15-16,21,23,26-29H2,1H3,(H,43,46)(H,47,48)/t37-,38+,41+/m0/s1. The summed E-state index contributed by atoms with van der Waals surface area (Å²) in [5.41, 5.74) is 6.99. The Hall–Kier alpha value is -4.41. The highest BCUT2D eigenvalue weighted by Crippen LogP contribution is 2.39. The first-order chi connectivity index (χ1) is 24.4. The van der Waals surface area contributed by atoms with Gasteiger partial charge in [-0.15, -0.1) is 0 Å². The number of rotatable bonds is 18. The molecule has 3 aromatic carbocycles. The summed E-state index contributed by atoms with van der Waals surface area (Å²) >= 11 is 0. The summed E-state index contributed by atoms with van der Waals surface area (Å²) in [6.45, 7) is 2.04. The Morgan fingerprint density at radius 3 is 2.34 bits per heavy atom. The monoisotopic (exact) mass is 679 g/mol. The zero-order chi connectivity index (χ0) is 35.1. The van der Waals surface area contributed by atoms with E-state index < -0.39 is 12.3 Å². The van der Waals surface area contributed by atoms with Gasteiger partial charge in [0, 0.05) is 62.8 Å². The molecule has 1 saturated heterocycles. The van der Waals surface area contributed by atoms with E-state index in [0.29, 0.717) is 25.8 Å². The van der Waals surface area contributed by atoms with Crippen LogP contribution in [-0.4, -0.2) is 58.2 Å². The number of aliphatic hydroxyl groups excluding tert-OH is 1. The molecule has 9 nitrogen and oxygen atoms in total. The third-order valence-electron chi connectivity index (χ3n) is 9.06. The molecule has 0 bridgehead atoms. The van der Waals surface area contributed by atoms with Crippen LogP contribution >= 0.6 is 0 Å². The number of unbranched alkanes of at least 4 members (excludes halogenated alkanes) is 3. The van der Waals surface area contributed by atoms with Gasteiger partial charge in [-0.1, -0.05) is 79.6 Å². The molecule has 1 fully saturated rings. The Bertz CT molecular complexity index is 1650. The quantitative estimate of drug-likeness (QED) is 0.0962. The van der Waals surface area contributed by atoms with Crippen LogP contribution in [0.1, 0.15) is 85.3 Å². The predicted molar refractivity (Wildman–Crippen MR) is 193 cm³/mol. The Morgan fingerprint density at radius 2 is 1.60 bits per heavy atom. The van der Waals surface area contributed by atoms with E-state index in [-0.39, 0.29) is 31.1 Å². The van der Waals surface area contributed by atoms with E-state index in [1.54, 1.807) is 0 Å². The first-order valence-electron chi connectivity index (χ1n) is 17.6. The molecule has 50 heavy (non-hydrogen) atoms. The van der Waals surface area contributed by atoms with Crippen LogP contribution in [-0.2, 0) is 38.6 Å². The second-order valence-electron chi connectivity index (χ2n) is 13.1. The van der Waals surface area contributed by atoms with Crippen LogP contribution in [0.5, 0.6) is 0 Å². The number of hydrogen-bond donors (Lipinski definition) is 3. The van der Waals surface area contributed by atoms with Crippen molar-refractivity contribution < 1.29 is 29.3 Å². The van der Waals surface area contributed by atoms with E-state index >= 15 is 0 Å². The van der Waals surface area contributed by atoms with E-state index in [0.717, 1.165) is 77.8 Å². The van der Waals surface area contributed by atoms with Gasteiger partial charge in [0.2, 0.25) is 5.91 Å². The minimum absolute atomic E-state index is 0.000262. The van der Waals surface area contributed by atoms with Gasteiger partial charge in [0.05, 0.1) is 18.8 Å². The van der Waals surface area contributed by atoms with E-state index in [1.807, 2.05) is 66.9 Å². The number of hydrogen-bond acceptors (Lipinski definition) is 7. The molecular weight excluding hydrogens is 630 g/mol. The number of amides is 1. The molecule has 3 N–H and O–H groups in total. The fourth-order valence-corrected chi connectivity index (χ4v) is 6.25. The fraction of sp³-hybridized carbons (Fsp3) is 0.390. The van der Waals surface area contributed by atoms with Crippen LogP contribution in [0, 0.1) is 0 Å². The van der Waals surface area contributed by atoms with Crippen molar-refractivity contribution in [2.75, 3.05) is 20.1 Å². The first-order valence-corrected chi connectivity index (χ1v) is 17.6. The number of carboxylic acids is 1. The van der Waals surface area contributed by atoms with Crippen molar-refractivity contribution in [1.82, 2.24) is 15.2 Å². The number of carbonyl (C=O) groups excluding carboxylic acids is 1. The van der Waals surface area contributed by atoms with Crippen LogP contribution in [0.3, 0.4) is 0 Å². The molecule has 1 amide bonds. The van der Waals surface area contributed by atoms with Crippen molar-refractivity contribution in [3.05, 3.63) is 125 Å². The lowest BCUT2D eigenvalue weighted by atomic mass is 9.98. The third kappa shape index (κ3) is 11.6. The topological polar surface area (TPSA) is 121 Å². The molecule has 0 aliphatic carbocycles. The Balaban J connectivity index is 1.23. The number of benzene rings is 3. The van der Waals surface area contributed by atoms with Gasteiger partial charge < -0.3 is 29.9 Å². The molecule has 4 aromatic rings. The van der Waals surface area contributed by atoms with Gasteiger partial charge in [-0.3, -0.25) is 14.6 Å². The number of pyridine rings is 1. The van der Waals surface area contributed by atoms with Crippen molar-refractivity contribution in [3.63, 3.8) is 0 Å². The molecule has 5 rings (SSSR count). The van der Waals surface area contributed by atoms with Gasteiger partial charge in [-0.2, -0.15) is 0 Å². The van der Waals surface area contributed by atoms with E-state index in [4.69, 9.17) is 14.6 Å². The normalized spacial score (nSPS) is 17.5. The number of aliphatic hydroxyl groups is 1. The number of carbonyl (C=O) groups is 2.